The molecular formula is C13H13N5. The van der Waals surface area contributed by atoms with Crippen molar-refractivity contribution in [3.63, 3.8) is 0 Å². The second-order valence-electron chi connectivity index (χ2n) is 3.79. The van der Waals surface area contributed by atoms with Gasteiger partial charge >= 0.3 is 0 Å². The molecule has 5 nitrogen and oxygen atoms in total. The molecule has 5 heteroatoms. The minimum absolute atomic E-state index is 0.574. The van der Waals surface area contributed by atoms with Crippen LogP contribution in [-0.4, -0.2) is 24.1 Å². The Morgan fingerprint density at radius 3 is 2.39 bits per heavy atom. The zero-order chi connectivity index (χ0) is 13.0. The van der Waals surface area contributed by atoms with Crippen molar-refractivity contribution in [1.82, 2.24) is 9.97 Å². The van der Waals surface area contributed by atoms with Crippen molar-refractivity contribution in [1.29, 1.82) is 5.26 Å². The topological polar surface area (TPSA) is 56.1 Å². The molecule has 0 aliphatic heterocycles. The van der Waals surface area contributed by atoms with Gasteiger partial charge in [-0.1, -0.05) is 18.2 Å². The van der Waals surface area contributed by atoms with E-state index in [1.54, 1.807) is 13.1 Å². The predicted molar refractivity (Wildman–Crippen MR) is 70.6 cm³/mol. The van der Waals surface area contributed by atoms with Crippen molar-refractivity contribution in [2.75, 3.05) is 23.9 Å². The van der Waals surface area contributed by atoms with E-state index in [9.17, 15) is 0 Å². The van der Waals surface area contributed by atoms with E-state index >= 15 is 0 Å². The molecule has 0 radical (unpaired) electrons. The number of anilines is 3. The Morgan fingerprint density at radius 2 is 1.72 bits per heavy atom. The minimum atomic E-state index is 0.574. The standard InChI is InChI=1S/C13H13N5/c1-17(9-14)12-8-13(16-10-15-12)18(2)11-6-4-3-5-7-11/h3-8,10H,1-2H3. The maximum absolute atomic E-state index is 8.84. The van der Waals surface area contributed by atoms with Gasteiger partial charge in [-0.05, 0) is 12.1 Å². The minimum Gasteiger partial charge on any atom is -0.329 e. The summed E-state index contributed by atoms with van der Waals surface area (Å²) >= 11 is 0. The highest BCUT2D eigenvalue weighted by Crippen LogP contribution is 2.22. The Balaban J connectivity index is 2.32. The first kappa shape index (κ1) is 11.9. The highest BCUT2D eigenvalue weighted by molar-refractivity contribution is 5.62. The van der Waals surface area contributed by atoms with Crippen molar-refractivity contribution >= 4 is 17.3 Å². The van der Waals surface area contributed by atoms with Crippen LogP contribution in [0.4, 0.5) is 17.3 Å². The molecule has 0 spiro atoms. The Kier molecular flexibility index (Phi) is 3.39. The molecule has 18 heavy (non-hydrogen) atoms. The first-order valence-corrected chi connectivity index (χ1v) is 5.46. The van der Waals surface area contributed by atoms with Crippen LogP contribution >= 0.6 is 0 Å². The van der Waals surface area contributed by atoms with Crippen LogP contribution in [0.1, 0.15) is 0 Å². The SMILES string of the molecule is CN(C#N)c1cc(N(C)c2ccccc2)ncn1. The first-order valence-electron chi connectivity index (χ1n) is 5.46. The molecular weight excluding hydrogens is 226 g/mol. The lowest BCUT2D eigenvalue weighted by Crippen LogP contribution is -2.14. The lowest BCUT2D eigenvalue weighted by molar-refractivity contribution is 1.04. The van der Waals surface area contributed by atoms with Crippen LogP contribution in [0.2, 0.25) is 0 Å². The van der Waals surface area contributed by atoms with Crippen LogP contribution < -0.4 is 9.80 Å². The smallest absolute Gasteiger partial charge is 0.185 e. The van der Waals surface area contributed by atoms with E-state index in [0.717, 1.165) is 11.5 Å². The molecule has 2 rings (SSSR count). The summed E-state index contributed by atoms with van der Waals surface area (Å²) in [6.45, 7) is 0. The normalized spacial score (nSPS) is 9.61. The molecule has 0 unspecified atom stereocenters. The summed E-state index contributed by atoms with van der Waals surface area (Å²) in [5.41, 5.74) is 1.03. The van der Waals surface area contributed by atoms with E-state index in [4.69, 9.17) is 5.26 Å². The van der Waals surface area contributed by atoms with Gasteiger partial charge in [0.25, 0.3) is 0 Å². The van der Waals surface area contributed by atoms with Crippen LogP contribution in [0, 0.1) is 11.5 Å². The molecule has 0 saturated carbocycles. The van der Waals surface area contributed by atoms with Gasteiger partial charge in [0.05, 0.1) is 0 Å². The molecule has 0 N–H and O–H groups in total. The summed E-state index contributed by atoms with van der Waals surface area (Å²) in [6, 6.07) is 11.7. The van der Waals surface area contributed by atoms with Crippen molar-refractivity contribution < 1.29 is 0 Å². The van der Waals surface area contributed by atoms with E-state index in [1.807, 2.05) is 48.5 Å². The van der Waals surface area contributed by atoms with Crippen molar-refractivity contribution in [2.24, 2.45) is 0 Å². The molecule has 2 aromatic rings. The fourth-order valence-corrected chi connectivity index (χ4v) is 1.54. The van der Waals surface area contributed by atoms with Crippen LogP contribution in [0.15, 0.2) is 42.7 Å². The summed E-state index contributed by atoms with van der Waals surface area (Å²) in [4.78, 5) is 11.6. The molecule has 0 fully saturated rings. The van der Waals surface area contributed by atoms with E-state index in [0.29, 0.717) is 5.82 Å². The Morgan fingerprint density at radius 1 is 1.06 bits per heavy atom. The third-order valence-electron chi connectivity index (χ3n) is 2.62. The second-order valence-corrected chi connectivity index (χ2v) is 3.79. The number of hydrogen-bond acceptors (Lipinski definition) is 5. The number of nitrogens with zero attached hydrogens (tertiary/aromatic N) is 5. The lowest BCUT2D eigenvalue weighted by atomic mass is 10.3. The molecule has 90 valence electrons. The molecule has 0 bridgehead atoms. The fourth-order valence-electron chi connectivity index (χ4n) is 1.54. The Labute approximate surface area is 106 Å². The molecule has 0 atom stereocenters. The van der Waals surface area contributed by atoms with E-state index in [-0.39, 0.29) is 0 Å². The van der Waals surface area contributed by atoms with Gasteiger partial charge in [0.1, 0.15) is 18.0 Å². The molecule has 0 aliphatic carbocycles. The highest BCUT2D eigenvalue weighted by atomic mass is 15.2. The summed E-state index contributed by atoms with van der Waals surface area (Å²) in [5, 5.41) is 8.84. The number of aromatic nitrogens is 2. The Bertz CT molecular complexity index is 561. The van der Waals surface area contributed by atoms with Crippen molar-refractivity contribution in [3.05, 3.63) is 42.7 Å². The average Bonchev–Trinajstić information content (AvgIpc) is 2.46. The van der Waals surface area contributed by atoms with Gasteiger partial charge in [-0.3, -0.25) is 4.90 Å². The monoisotopic (exact) mass is 239 g/mol. The van der Waals surface area contributed by atoms with E-state index < -0.39 is 0 Å². The van der Waals surface area contributed by atoms with Gasteiger partial charge in [-0.2, -0.15) is 5.26 Å². The number of rotatable bonds is 3. The first-order chi connectivity index (χ1) is 8.72. The maximum atomic E-state index is 8.84. The van der Waals surface area contributed by atoms with Gasteiger partial charge in [-0.25, -0.2) is 9.97 Å². The zero-order valence-electron chi connectivity index (χ0n) is 10.3. The number of benzene rings is 1. The maximum Gasteiger partial charge on any atom is 0.185 e. The van der Waals surface area contributed by atoms with Gasteiger partial charge in [0.2, 0.25) is 0 Å². The molecule has 0 amide bonds. The summed E-state index contributed by atoms with van der Waals surface area (Å²) < 4.78 is 0. The van der Waals surface area contributed by atoms with Gasteiger partial charge in [-0.15, -0.1) is 0 Å². The average molecular weight is 239 g/mol. The molecule has 0 aliphatic rings. The van der Waals surface area contributed by atoms with E-state index in [2.05, 4.69) is 9.97 Å². The van der Waals surface area contributed by atoms with Gasteiger partial charge in [0.15, 0.2) is 6.19 Å². The van der Waals surface area contributed by atoms with Crippen LogP contribution in [0.3, 0.4) is 0 Å². The molecule has 1 heterocycles. The zero-order valence-corrected chi connectivity index (χ0v) is 10.3. The largest absolute Gasteiger partial charge is 0.329 e. The number of hydrogen-bond donors (Lipinski definition) is 0. The van der Waals surface area contributed by atoms with Gasteiger partial charge < -0.3 is 4.90 Å². The third kappa shape index (κ3) is 2.38. The fraction of sp³-hybridized carbons (Fsp3) is 0.154. The summed E-state index contributed by atoms with van der Waals surface area (Å²) in [6.07, 6.45) is 3.47. The molecule has 1 aromatic heterocycles. The summed E-state index contributed by atoms with van der Waals surface area (Å²) in [5.74, 6) is 1.32. The number of para-hydroxylation sites is 1. The lowest BCUT2D eigenvalue weighted by Gasteiger charge is -2.19. The highest BCUT2D eigenvalue weighted by Gasteiger charge is 2.08. The van der Waals surface area contributed by atoms with Crippen LogP contribution in [0.25, 0.3) is 0 Å². The summed E-state index contributed by atoms with van der Waals surface area (Å²) in [7, 11) is 3.59. The van der Waals surface area contributed by atoms with Crippen LogP contribution in [0.5, 0.6) is 0 Å². The second kappa shape index (κ2) is 5.15. The quantitative estimate of drug-likeness (QED) is 0.607. The number of nitriles is 1. The predicted octanol–water partition coefficient (Wildman–Crippen LogP) is 2.16. The van der Waals surface area contributed by atoms with E-state index in [1.165, 1.54) is 11.2 Å². The molecule has 0 saturated heterocycles. The molecule has 1 aromatic carbocycles. The van der Waals surface area contributed by atoms with Crippen molar-refractivity contribution in [2.45, 2.75) is 0 Å². The Hall–Kier alpha value is -2.61. The van der Waals surface area contributed by atoms with Crippen molar-refractivity contribution in [3.8, 4) is 6.19 Å². The third-order valence-corrected chi connectivity index (χ3v) is 2.62. The van der Waals surface area contributed by atoms with Crippen LogP contribution in [-0.2, 0) is 0 Å². The van der Waals surface area contributed by atoms with Gasteiger partial charge in [0, 0.05) is 25.8 Å².